The van der Waals surface area contributed by atoms with Crippen LogP contribution in [0.5, 0.6) is 5.75 Å². The lowest BCUT2D eigenvalue weighted by molar-refractivity contribution is -0.385. The highest BCUT2D eigenvalue weighted by Crippen LogP contribution is 2.28. The van der Waals surface area contributed by atoms with Gasteiger partial charge in [-0.15, -0.1) is 0 Å². The highest BCUT2D eigenvalue weighted by molar-refractivity contribution is 5.49. The van der Waals surface area contributed by atoms with Gasteiger partial charge in [0.15, 0.2) is 0 Å². The molecule has 0 fully saturated rings. The normalized spacial score (nSPS) is 10.3. The Labute approximate surface area is 115 Å². The van der Waals surface area contributed by atoms with Crippen LogP contribution in [-0.4, -0.2) is 14.9 Å². The van der Waals surface area contributed by atoms with E-state index in [9.17, 15) is 10.1 Å². The quantitative estimate of drug-likeness (QED) is 0.676. The van der Waals surface area contributed by atoms with E-state index in [4.69, 9.17) is 10.5 Å². The summed E-state index contributed by atoms with van der Waals surface area (Å²) < 4.78 is 5.61. The molecule has 0 spiro atoms. The third-order valence-electron chi connectivity index (χ3n) is 2.79. The van der Waals surface area contributed by atoms with Crippen LogP contribution in [0.25, 0.3) is 0 Å². The Bertz CT molecular complexity index is 641. The number of nitrogens with two attached hydrogens (primary N) is 1. The number of ether oxygens (including phenoxy) is 1. The van der Waals surface area contributed by atoms with Crippen molar-refractivity contribution < 1.29 is 9.66 Å². The molecule has 1 aromatic heterocycles. The van der Waals surface area contributed by atoms with Gasteiger partial charge in [-0.1, -0.05) is 0 Å². The van der Waals surface area contributed by atoms with E-state index in [-0.39, 0.29) is 12.3 Å². The summed E-state index contributed by atoms with van der Waals surface area (Å²) in [4.78, 5) is 18.4. The number of hydrogen-bond acceptors (Lipinski definition) is 6. The van der Waals surface area contributed by atoms with Crippen LogP contribution >= 0.6 is 0 Å². The molecule has 0 radical (unpaired) electrons. The molecule has 0 aliphatic heterocycles. The van der Waals surface area contributed by atoms with E-state index in [2.05, 4.69) is 9.97 Å². The van der Waals surface area contributed by atoms with Gasteiger partial charge in [-0.2, -0.15) is 0 Å². The van der Waals surface area contributed by atoms with Crippen molar-refractivity contribution in [1.29, 1.82) is 0 Å². The van der Waals surface area contributed by atoms with Crippen molar-refractivity contribution >= 4 is 11.5 Å². The van der Waals surface area contributed by atoms with Gasteiger partial charge in [0.05, 0.1) is 23.0 Å². The summed E-state index contributed by atoms with van der Waals surface area (Å²) in [6.45, 7) is 3.66. The summed E-state index contributed by atoms with van der Waals surface area (Å²) in [5, 5.41) is 10.8. The second kappa shape index (κ2) is 5.52. The van der Waals surface area contributed by atoms with E-state index in [1.807, 2.05) is 0 Å². The van der Waals surface area contributed by atoms with Crippen LogP contribution in [0.2, 0.25) is 0 Å². The Morgan fingerprint density at radius 3 is 2.60 bits per heavy atom. The molecule has 7 nitrogen and oxygen atoms in total. The van der Waals surface area contributed by atoms with E-state index in [0.29, 0.717) is 28.4 Å². The second-order valence-corrected chi connectivity index (χ2v) is 4.38. The van der Waals surface area contributed by atoms with Crippen LogP contribution in [0.4, 0.5) is 11.5 Å². The number of nitrogens with zero attached hydrogens (tertiary/aromatic N) is 3. The SMILES string of the molecule is Cc1cc([N+](=O)[O-])c(C)cc1OCc1cnc(N)cn1. The molecule has 0 bridgehead atoms. The van der Waals surface area contributed by atoms with Crippen molar-refractivity contribution in [3.63, 3.8) is 0 Å². The Kier molecular flexibility index (Phi) is 3.79. The number of anilines is 1. The summed E-state index contributed by atoms with van der Waals surface area (Å²) in [6, 6.07) is 3.15. The van der Waals surface area contributed by atoms with Crippen LogP contribution in [0.15, 0.2) is 24.5 Å². The molecule has 1 heterocycles. The molecule has 0 aliphatic carbocycles. The summed E-state index contributed by atoms with van der Waals surface area (Å²) in [6.07, 6.45) is 2.98. The minimum absolute atomic E-state index is 0.0853. The van der Waals surface area contributed by atoms with Gasteiger partial charge in [0.1, 0.15) is 18.2 Å². The third-order valence-corrected chi connectivity index (χ3v) is 2.79. The molecular formula is C13H14N4O3. The van der Waals surface area contributed by atoms with E-state index >= 15 is 0 Å². The number of nitro groups is 1. The molecule has 0 aliphatic rings. The molecule has 0 saturated carbocycles. The second-order valence-electron chi connectivity index (χ2n) is 4.38. The lowest BCUT2D eigenvalue weighted by Crippen LogP contribution is -2.02. The van der Waals surface area contributed by atoms with Gasteiger partial charge >= 0.3 is 0 Å². The minimum atomic E-state index is -0.405. The average Bonchev–Trinajstić information content (AvgIpc) is 2.41. The number of benzene rings is 1. The standard InChI is InChI=1S/C13H14N4O3/c1-8-4-12(9(2)3-11(8)17(18)19)20-7-10-5-16-13(14)6-15-10/h3-6H,7H2,1-2H3,(H2,14,16). The monoisotopic (exact) mass is 274 g/mol. The van der Waals surface area contributed by atoms with Gasteiger partial charge in [-0.25, -0.2) is 4.98 Å². The van der Waals surface area contributed by atoms with E-state index in [1.54, 1.807) is 19.9 Å². The van der Waals surface area contributed by atoms with Crippen molar-refractivity contribution in [1.82, 2.24) is 9.97 Å². The third kappa shape index (κ3) is 3.00. The maximum absolute atomic E-state index is 10.8. The average molecular weight is 274 g/mol. The first-order valence-electron chi connectivity index (χ1n) is 5.92. The molecule has 0 amide bonds. The van der Waals surface area contributed by atoms with Gasteiger partial charge in [-0.05, 0) is 25.5 Å². The smallest absolute Gasteiger partial charge is 0.272 e. The molecular weight excluding hydrogens is 260 g/mol. The maximum atomic E-state index is 10.8. The van der Waals surface area contributed by atoms with E-state index in [0.717, 1.165) is 0 Å². The fourth-order valence-electron chi connectivity index (χ4n) is 1.72. The van der Waals surface area contributed by atoms with Gasteiger partial charge in [0, 0.05) is 11.6 Å². The molecule has 2 N–H and O–H groups in total. The minimum Gasteiger partial charge on any atom is -0.487 e. The number of nitro benzene ring substituents is 1. The van der Waals surface area contributed by atoms with E-state index < -0.39 is 4.92 Å². The predicted octanol–water partition coefficient (Wildman–Crippen LogP) is 2.16. The first kappa shape index (κ1) is 13.7. The lowest BCUT2D eigenvalue weighted by atomic mass is 10.1. The molecule has 104 valence electrons. The number of rotatable bonds is 4. The molecule has 0 unspecified atom stereocenters. The fraction of sp³-hybridized carbons (Fsp3) is 0.231. The van der Waals surface area contributed by atoms with Gasteiger partial charge in [0.25, 0.3) is 5.69 Å². The van der Waals surface area contributed by atoms with Crippen LogP contribution in [0, 0.1) is 24.0 Å². The van der Waals surface area contributed by atoms with Crippen LogP contribution in [0.1, 0.15) is 16.8 Å². The molecule has 0 saturated heterocycles. The van der Waals surface area contributed by atoms with Gasteiger partial charge in [-0.3, -0.25) is 15.1 Å². The van der Waals surface area contributed by atoms with E-state index in [1.165, 1.54) is 18.5 Å². The predicted molar refractivity (Wildman–Crippen MR) is 73.3 cm³/mol. The highest BCUT2D eigenvalue weighted by atomic mass is 16.6. The Balaban J connectivity index is 2.16. The fourth-order valence-corrected chi connectivity index (χ4v) is 1.72. The Morgan fingerprint density at radius 2 is 2.00 bits per heavy atom. The molecule has 2 rings (SSSR count). The highest BCUT2D eigenvalue weighted by Gasteiger charge is 2.14. The number of nitrogen functional groups attached to an aromatic ring is 1. The van der Waals surface area contributed by atoms with Crippen molar-refractivity contribution in [2.75, 3.05) is 5.73 Å². The number of hydrogen-bond donors (Lipinski definition) is 1. The van der Waals surface area contributed by atoms with Crippen molar-refractivity contribution in [2.24, 2.45) is 0 Å². The van der Waals surface area contributed by atoms with Crippen LogP contribution in [-0.2, 0) is 6.61 Å². The zero-order chi connectivity index (χ0) is 14.7. The Hall–Kier alpha value is -2.70. The lowest BCUT2D eigenvalue weighted by Gasteiger charge is -2.10. The zero-order valence-electron chi connectivity index (χ0n) is 11.2. The summed E-state index contributed by atoms with van der Waals surface area (Å²) >= 11 is 0. The Morgan fingerprint density at radius 1 is 1.25 bits per heavy atom. The van der Waals surface area contributed by atoms with Crippen molar-refractivity contribution in [2.45, 2.75) is 20.5 Å². The molecule has 0 atom stereocenters. The number of aromatic nitrogens is 2. The zero-order valence-corrected chi connectivity index (χ0v) is 11.2. The topological polar surface area (TPSA) is 104 Å². The van der Waals surface area contributed by atoms with Gasteiger partial charge in [0.2, 0.25) is 0 Å². The number of aryl methyl sites for hydroxylation is 2. The van der Waals surface area contributed by atoms with Gasteiger partial charge < -0.3 is 10.5 Å². The maximum Gasteiger partial charge on any atom is 0.272 e. The molecule has 2 aromatic rings. The molecule has 7 heteroatoms. The molecule has 1 aromatic carbocycles. The van der Waals surface area contributed by atoms with Crippen LogP contribution in [0.3, 0.4) is 0 Å². The summed E-state index contributed by atoms with van der Waals surface area (Å²) in [5.74, 6) is 0.933. The van der Waals surface area contributed by atoms with Crippen molar-refractivity contribution in [3.8, 4) is 5.75 Å². The van der Waals surface area contributed by atoms with Crippen LogP contribution < -0.4 is 10.5 Å². The van der Waals surface area contributed by atoms with Crippen molar-refractivity contribution in [3.05, 3.63) is 51.5 Å². The largest absolute Gasteiger partial charge is 0.487 e. The molecule has 20 heavy (non-hydrogen) atoms. The first-order valence-corrected chi connectivity index (χ1v) is 5.92. The first-order chi connectivity index (χ1) is 9.47. The summed E-state index contributed by atoms with van der Waals surface area (Å²) in [5.41, 5.74) is 7.42. The summed E-state index contributed by atoms with van der Waals surface area (Å²) in [7, 11) is 0.